The van der Waals surface area contributed by atoms with Gasteiger partial charge in [-0.05, 0) is 44.4 Å². The lowest BCUT2D eigenvalue weighted by molar-refractivity contribution is -0.132. The van der Waals surface area contributed by atoms with Gasteiger partial charge in [-0.1, -0.05) is 30.3 Å². The predicted molar refractivity (Wildman–Crippen MR) is 130 cm³/mol. The van der Waals surface area contributed by atoms with Crippen molar-refractivity contribution < 1.29 is 14.1 Å². The molecule has 0 spiro atoms. The summed E-state index contributed by atoms with van der Waals surface area (Å²) in [6.07, 6.45) is 6.02. The summed E-state index contributed by atoms with van der Waals surface area (Å²) in [6, 6.07) is 11.4. The molecule has 0 N–H and O–H groups in total. The smallest absolute Gasteiger partial charge is 0.259 e. The molecule has 0 unspecified atom stereocenters. The van der Waals surface area contributed by atoms with Gasteiger partial charge < -0.3 is 9.42 Å². The van der Waals surface area contributed by atoms with Gasteiger partial charge in [0.25, 0.3) is 5.89 Å². The third-order valence-corrected chi connectivity index (χ3v) is 6.88. The van der Waals surface area contributed by atoms with Gasteiger partial charge in [0.2, 0.25) is 11.8 Å². The van der Waals surface area contributed by atoms with Crippen molar-refractivity contribution in [3.05, 3.63) is 60.3 Å². The zero-order valence-electron chi connectivity index (χ0n) is 20.0. The van der Waals surface area contributed by atoms with Crippen molar-refractivity contribution in [2.75, 3.05) is 13.1 Å². The Morgan fingerprint density at radius 3 is 2.60 bits per heavy atom. The zero-order chi connectivity index (χ0) is 24.4. The number of hydrogen-bond acceptors (Lipinski definition) is 7. The molecule has 5 rings (SSSR count). The van der Waals surface area contributed by atoms with Gasteiger partial charge in [-0.3, -0.25) is 14.6 Å². The number of piperidine rings is 1. The quantitative estimate of drug-likeness (QED) is 0.414. The molecule has 0 saturated carbocycles. The highest BCUT2D eigenvalue weighted by molar-refractivity contribution is 5.92. The average Bonchev–Trinajstić information content (AvgIpc) is 3.51. The fraction of sp³-hybridized carbons (Fsp3) is 0.385. The van der Waals surface area contributed by atoms with Crippen LogP contribution in [0.1, 0.15) is 55.3 Å². The summed E-state index contributed by atoms with van der Waals surface area (Å²) in [5.41, 5.74) is 2.17. The van der Waals surface area contributed by atoms with Crippen LogP contribution in [0.25, 0.3) is 22.4 Å². The van der Waals surface area contributed by atoms with Crippen LogP contribution in [0.4, 0.5) is 0 Å². The molecule has 3 aromatic heterocycles. The highest BCUT2D eigenvalue weighted by Crippen LogP contribution is 2.34. The predicted octanol–water partition coefficient (Wildman–Crippen LogP) is 4.18. The SMILES string of the molecule is Cc1nn(C(=O)CCCC(=O)N2CCC(C)(c3noc(-c4cccnc4)n3)CC2)c2ccccc12. The summed E-state index contributed by atoms with van der Waals surface area (Å²) in [6.45, 7) is 5.27. The number of likely N-dealkylation sites (tertiary alicyclic amines) is 1. The highest BCUT2D eigenvalue weighted by atomic mass is 16.5. The summed E-state index contributed by atoms with van der Waals surface area (Å²) >= 11 is 0. The van der Waals surface area contributed by atoms with Crippen molar-refractivity contribution in [2.24, 2.45) is 0 Å². The molecule has 1 fully saturated rings. The lowest BCUT2D eigenvalue weighted by Gasteiger charge is -2.37. The van der Waals surface area contributed by atoms with E-state index in [4.69, 9.17) is 4.52 Å². The molecular formula is C26H28N6O3. The Labute approximate surface area is 203 Å². The molecule has 1 amide bonds. The van der Waals surface area contributed by atoms with Crippen LogP contribution in [-0.4, -0.2) is 54.7 Å². The minimum Gasteiger partial charge on any atom is -0.343 e. The Balaban J connectivity index is 1.13. The number of para-hydroxylation sites is 1. The number of benzene rings is 1. The number of aromatic nitrogens is 5. The van der Waals surface area contributed by atoms with Gasteiger partial charge >= 0.3 is 0 Å². The fourth-order valence-corrected chi connectivity index (χ4v) is 4.62. The Morgan fingerprint density at radius 2 is 1.83 bits per heavy atom. The molecule has 9 heteroatoms. The number of amides is 1. The van der Waals surface area contributed by atoms with Gasteiger partial charge in [-0.15, -0.1) is 0 Å². The molecule has 1 aliphatic heterocycles. The molecule has 35 heavy (non-hydrogen) atoms. The van der Waals surface area contributed by atoms with Crippen LogP contribution < -0.4 is 0 Å². The molecular weight excluding hydrogens is 444 g/mol. The topological polar surface area (TPSA) is 107 Å². The molecule has 1 aliphatic rings. The lowest BCUT2D eigenvalue weighted by Crippen LogP contribution is -2.44. The van der Waals surface area contributed by atoms with E-state index < -0.39 is 0 Å². The van der Waals surface area contributed by atoms with Crippen LogP contribution in [0.2, 0.25) is 0 Å². The minimum atomic E-state index is -0.254. The van der Waals surface area contributed by atoms with Crippen LogP contribution >= 0.6 is 0 Å². The number of nitrogens with zero attached hydrogens (tertiary/aromatic N) is 6. The molecule has 4 heterocycles. The van der Waals surface area contributed by atoms with E-state index in [-0.39, 0.29) is 23.7 Å². The maximum Gasteiger partial charge on any atom is 0.259 e. The summed E-state index contributed by atoms with van der Waals surface area (Å²) < 4.78 is 6.93. The second-order valence-corrected chi connectivity index (χ2v) is 9.37. The highest BCUT2D eigenvalue weighted by Gasteiger charge is 2.37. The summed E-state index contributed by atoms with van der Waals surface area (Å²) in [7, 11) is 0. The number of carbonyl (C=O) groups excluding carboxylic acids is 2. The number of aryl methyl sites for hydroxylation is 1. The Hall–Kier alpha value is -3.88. The van der Waals surface area contributed by atoms with Crippen molar-refractivity contribution in [2.45, 2.75) is 51.4 Å². The zero-order valence-corrected chi connectivity index (χ0v) is 20.0. The summed E-state index contributed by atoms with van der Waals surface area (Å²) in [5, 5.41) is 9.58. The van der Waals surface area contributed by atoms with Crippen molar-refractivity contribution in [3.63, 3.8) is 0 Å². The first-order valence-corrected chi connectivity index (χ1v) is 11.9. The van der Waals surface area contributed by atoms with Crippen molar-refractivity contribution in [3.8, 4) is 11.5 Å². The molecule has 180 valence electrons. The molecule has 0 radical (unpaired) electrons. The standard InChI is InChI=1S/C26H28N6O3/c1-18-20-8-3-4-9-21(20)32(29-18)23(34)11-5-10-22(33)31-15-12-26(2,13-16-31)25-28-24(35-30-25)19-7-6-14-27-17-19/h3-4,6-9,14,17H,5,10-13,15-16H2,1-2H3. The van der Waals surface area contributed by atoms with Gasteiger partial charge in [-0.25, -0.2) is 0 Å². The van der Waals surface area contributed by atoms with E-state index in [1.54, 1.807) is 12.4 Å². The first kappa shape index (κ1) is 22.9. The van der Waals surface area contributed by atoms with Gasteiger partial charge in [0.05, 0.1) is 16.8 Å². The number of hydrogen-bond donors (Lipinski definition) is 0. The van der Waals surface area contributed by atoms with Gasteiger partial charge in [0, 0.05) is 49.1 Å². The molecule has 0 atom stereocenters. The third kappa shape index (κ3) is 4.58. The van der Waals surface area contributed by atoms with Crippen LogP contribution in [0, 0.1) is 6.92 Å². The number of fused-ring (bicyclic) bond motifs is 1. The maximum absolute atomic E-state index is 12.8. The second-order valence-electron chi connectivity index (χ2n) is 9.37. The normalized spacial score (nSPS) is 15.4. The minimum absolute atomic E-state index is 0.0746. The molecule has 4 aromatic rings. The molecule has 1 aromatic carbocycles. The largest absolute Gasteiger partial charge is 0.343 e. The van der Waals surface area contributed by atoms with Gasteiger partial charge in [0.1, 0.15) is 0 Å². The van der Waals surface area contributed by atoms with E-state index in [0.717, 1.165) is 35.0 Å². The van der Waals surface area contributed by atoms with E-state index >= 15 is 0 Å². The van der Waals surface area contributed by atoms with E-state index in [9.17, 15) is 9.59 Å². The average molecular weight is 473 g/mol. The maximum atomic E-state index is 12.8. The Kier molecular flexibility index (Phi) is 6.15. The first-order chi connectivity index (χ1) is 16.9. The monoisotopic (exact) mass is 472 g/mol. The summed E-state index contributed by atoms with van der Waals surface area (Å²) in [5.74, 6) is 1.11. The van der Waals surface area contributed by atoms with E-state index in [1.165, 1.54) is 4.68 Å². The number of rotatable bonds is 6. The van der Waals surface area contributed by atoms with Crippen molar-refractivity contribution in [1.29, 1.82) is 0 Å². The fourth-order valence-electron chi connectivity index (χ4n) is 4.62. The Bertz CT molecular complexity index is 1350. The number of pyridine rings is 1. The van der Waals surface area contributed by atoms with E-state index in [2.05, 4.69) is 27.1 Å². The van der Waals surface area contributed by atoms with Crippen LogP contribution in [-0.2, 0) is 10.2 Å². The van der Waals surface area contributed by atoms with Crippen LogP contribution in [0.5, 0.6) is 0 Å². The molecule has 9 nitrogen and oxygen atoms in total. The van der Waals surface area contributed by atoms with Crippen LogP contribution in [0.15, 0.2) is 53.3 Å². The van der Waals surface area contributed by atoms with Gasteiger partial charge in [0.15, 0.2) is 5.82 Å². The second kappa shape index (κ2) is 9.40. The number of carbonyl (C=O) groups is 2. The third-order valence-electron chi connectivity index (χ3n) is 6.88. The summed E-state index contributed by atoms with van der Waals surface area (Å²) in [4.78, 5) is 36.1. The van der Waals surface area contributed by atoms with Crippen LogP contribution in [0.3, 0.4) is 0 Å². The van der Waals surface area contributed by atoms with E-state index in [1.807, 2.05) is 48.2 Å². The molecule has 1 saturated heterocycles. The van der Waals surface area contributed by atoms with Gasteiger partial charge in [-0.2, -0.15) is 14.8 Å². The first-order valence-electron chi connectivity index (χ1n) is 11.9. The van der Waals surface area contributed by atoms with Crippen molar-refractivity contribution in [1.82, 2.24) is 29.8 Å². The van der Waals surface area contributed by atoms with E-state index in [0.29, 0.717) is 37.6 Å². The molecule has 0 aliphatic carbocycles. The Morgan fingerprint density at radius 1 is 1.06 bits per heavy atom. The van der Waals surface area contributed by atoms with Crippen molar-refractivity contribution >= 4 is 22.7 Å². The lowest BCUT2D eigenvalue weighted by atomic mass is 9.79. The molecule has 0 bridgehead atoms.